The highest BCUT2D eigenvalue weighted by Crippen LogP contribution is 2.46. The molecule has 1 heterocycles. The van der Waals surface area contributed by atoms with Crippen LogP contribution in [0.5, 0.6) is 5.75 Å². The van der Waals surface area contributed by atoms with Crippen molar-refractivity contribution < 1.29 is 4.74 Å². The highest BCUT2D eigenvalue weighted by molar-refractivity contribution is 6.98. The number of ether oxygens (including phenoxy) is 1. The first-order valence-corrected chi connectivity index (χ1v) is 15.6. The van der Waals surface area contributed by atoms with Crippen LogP contribution in [0.1, 0.15) is 47.6 Å². The molecule has 0 saturated heterocycles. The third-order valence-corrected chi connectivity index (χ3v) is 9.34. The Kier molecular flexibility index (Phi) is 7.22. The third kappa shape index (κ3) is 4.66. The molecule has 44 heavy (non-hydrogen) atoms. The van der Waals surface area contributed by atoms with E-state index in [1.807, 2.05) is 0 Å². The minimum atomic E-state index is 0.0117. The molecule has 1 aliphatic carbocycles. The van der Waals surface area contributed by atoms with E-state index in [0.29, 0.717) is 0 Å². The topological polar surface area (TPSA) is 9.23 Å². The lowest BCUT2D eigenvalue weighted by Crippen LogP contribution is -2.55. The number of fused-ring (bicyclic) bond motifs is 4. The van der Waals surface area contributed by atoms with E-state index in [1.54, 1.807) is 0 Å². The van der Waals surface area contributed by atoms with Crippen LogP contribution in [0, 0.1) is 13.8 Å². The minimum Gasteiger partial charge on any atom is -0.484 e. The fraction of sp³-hybridized carbons (Fsp3) is 0.143. The molecule has 0 fully saturated rings. The monoisotopic (exact) mass is 568 g/mol. The van der Waals surface area contributed by atoms with Gasteiger partial charge in [-0.15, -0.1) is 0 Å². The number of hydrogen-bond acceptors (Lipinski definition) is 1. The van der Waals surface area contributed by atoms with E-state index >= 15 is 0 Å². The average Bonchev–Trinajstić information content (AvgIpc) is 3.42. The van der Waals surface area contributed by atoms with Crippen LogP contribution in [0.3, 0.4) is 0 Å². The highest BCUT2D eigenvalue weighted by Gasteiger charge is 2.34. The first-order chi connectivity index (χ1) is 21.5. The summed E-state index contributed by atoms with van der Waals surface area (Å²) in [6, 6.07) is 33.6. The summed E-state index contributed by atoms with van der Waals surface area (Å²) < 4.78 is 6.60. The summed E-state index contributed by atoms with van der Waals surface area (Å²) in [5.74, 6) is 1.27. The second-order valence-corrected chi connectivity index (χ2v) is 12.2. The first-order valence-electron chi connectivity index (χ1n) is 15.6. The van der Waals surface area contributed by atoms with Crippen LogP contribution in [-0.4, -0.2) is 12.8 Å². The van der Waals surface area contributed by atoms with Crippen molar-refractivity contribution in [3.63, 3.8) is 0 Å². The fourth-order valence-electron chi connectivity index (χ4n) is 7.29. The molecular weight excluding hydrogens is 531 g/mol. The Balaban J connectivity index is 1.50. The molecular formula is C42H37BO. The maximum absolute atomic E-state index is 6.60. The van der Waals surface area contributed by atoms with E-state index in [0.717, 1.165) is 16.9 Å². The molecule has 2 unspecified atom stereocenters. The van der Waals surface area contributed by atoms with Gasteiger partial charge >= 0.3 is 0 Å². The molecule has 2 heteroatoms. The van der Waals surface area contributed by atoms with Gasteiger partial charge in [0.2, 0.25) is 6.71 Å². The zero-order valence-electron chi connectivity index (χ0n) is 26.0. The van der Waals surface area contributed by atoms with Crippen LogP contribution < -0.4 is 21.1 Å². The number of aryl methyl sites for hydroxylation is 2. The molecule has 2 aliphatic rings. The van der Waals surface area contributed by atoms with Crippen molar-refractivity contribution in [2.24, 2.45) is 0 Å². The van der Waals surface area contributed by atoms with E-state index < -0.39 is 0 Å². The summed E-state index contributed by atoms with van der Waals surface area (Å²) >= 11 is 0. The normalized spacial score (nSPS) is 16.6. The summed E-state index contributed by atoms with van der Waals surface area (Å²) in [5.41, 5.74) is 13.6. The number of para-hydroxylation sites is 1. The number of allylic oxidation sites excluding steroid dienone is 4. The molecule has 7 rings (SSSR count). The smallest absolute Gasteiger partial charge is 0.243 e. The molecule has 0 amide bonds. The van der Waals surface area contributed by atoms with Crippen molar-refractivity contribution >= 4 is 45.5 Å². The van der Waals surface area contributed by atoms with Gasteiger partial charge in [0.1, 0.15) is 11.9 Å². The van der Waals surface area contributed by atoms with Gasteiger partial charge in [-0.25, -0.2) is 0 Å². The highest BCUT2D eigenvalue weighted by atomic mass is 16.5. The predicted octanol–water partition coefficient (Wildman–Crippen LogP) is 8.68. The maximum atomic E-state index is 6.60. The standard InChI is InChI=1S/C42H37BO/c1-6-13-37-33(27(2)3)25-23-29(5)41(37)43(40-28(4)22-24-30-14-7-8-17-34(30)40)32-16-11-15-31(26-32)35-19-12-20-38-36-18-9-10-21-39(36)44-42(35)38/h6-26,36,39H,2H2,1,3-5H3/b13-6-. The summed E-state index contributed by atoms with van der Waals surface area (Å²) in [6.45, 7) is 13.1. The Hall–Kier alpha value is -4.82. The third-order valence-electron chi connectivity index (χ3n) is 9.34. The van der Waals surface area contributed by atoms with Crippen molar-refractivity contribution in [1.82, 2.24) is 0 Å². The molecule has 0 N–H and O–H groups in total. The van der Waals surface area contributed by atoms with E-state index in [2.05, 4.69) is 162 Å². The molecule has 0 bridgehead atoms. The lowest BCUT2D eigenvalue weighted by Gasteiger charge is -2.26. The molecule has 214 valence electrons. The van der Waals surface area contributed by atoms with Gasteiger partial charge in [-0.2, -0.15) is 0 Å². The van der Waals surface area contributed by atoms with Gasteiger partial charge in [-0.1, -0.05) is 161 Å². The quantitative estimate of drug-likeness (QED) is 0.186. The van der Waals surface area contributed by atoms with Crippen molar-refractivity contribution in [3.8, 4) is 16.9 Å². The molecule has 5 aromatic rings. The van der Waals surface area contributed by atoms with E-state index in [4.69, 9.17) is 4.74 Å². The molecule has 2 atom stereocenters. The number of rotatable bonds is 6. The summed E-state index contributed by atoms with van der Waals surface area (Å²) in [4.78, 5) is 0. The fourth-order valence-corrected chi connectivity index (χ4v) is 7.29. The van der Waals surface area contributed by atoms with Gasteiger partial charge in [0.15, 0.2) is 0 Å². The Bertz CT molecular complexity index is 2020. The van der Waals surface area contributed by atoms with Crippen LogP contribution in [0.25, 0.3) is 33.5 Å². The Morgan fingerprint density at radius 2 is 1.59 bits per heavy atom. The van der Waals surface area contributed by atoms with Gasteiger partial charge in [0.25, 0.3) is 0 Å². The second-order valence-electron chi connectivity index (χ2n) is 12.2. The molecule has 0 radical (unpaired) electrons. The second kappa shape index (κ2) is 11.4. The minimum absolute atomic E-state index is 0.0117. The zero-order valence-corrected chi connectivity index (χ0v) is 26.0. The van der Waals surface area contributed by atoms with E-state index in [1.165, 1.54) is 60.5 Å². The van der Waals surface area contributed by atoms with Gasteiger partial charge in [0.05, 0.1) is 0 Å². The van der Waals surface area contributed by atoms with Gasteiger partial charge in [-0.05, 0) is 61.2 Å². The van der Waals surface area contributed by atoms with Gasteiger partial charge in [0, 0.05) is 17.0 Å². The van der Waals surface area contributed by atoms with Crippen molar-refractivity contribution in [2.75, 3.05) is 0 Å². The van der Waals surface area contributed by atoms with Crippen LogP contribution in [0.15, 0.2) is 128 Å². The first kappa shape index (κ1) is 28.0. The summed E-state index contributed by atoms with van der Waals surface area (Å²) in [5, 5.41) is 2.55. The zero-order chi connectivity index (χ0) is 30.4. The lowest BCUT2D eigenvalue weighted by atomic mass is 9.34. The lowest BCUT2D eigenvalue weighted by molar-refractivity contribution is 0.270. The molecule has 0 spiro atoms. The SMILES string of the molecule is C=C(C)c1ccc(C)c(B(c2cccc(-c3cccc4c3OC3C=CC=CC43)c2)c2c(C)ccc3ccccc23)c1/C=C\C. The van der Waals surface area contributed by atoms with Crippen molar-refractivity contribution in [3.05, 3.63) is 156 Å². The molecule has 0 aromatic heterocycles. The van der Waals surface area contributed by atoms with E-state index in [-0.39, 0.29) is 18.7 Å². The van der Waals surface area contributed by atoms with Gasteiger partial charge in [-0.3, -0.25) is 0 Å². The van der Waals surface area contributed by atoms with Crippen LogP contribution in [0.4, 0.5) is 0 Å². The van der Waals surface area contributed by atoms with Gasteiger partial charge < -0.3 is 4.74 Å². The average molecular weight is 569 g/mol. The van der Waals surface area contributed by atoms with Crippen LogP contribution in [-0.2, 0) is 0 Å². The molecule has 5 aromatic carbocycles. The summed E-state index contributed by atoms with van der Waals surface area (Å²) in [6.07, 6.45) is 13.1. The Morgan fingerprint density at radius 3 is 2.43 bits per heavy atom. The largest absolute Gasteiger partial charge is 0.484 e. The maximum Gasteiger partial charge on any atom is 0.243 e. The Morgan fingerprint density at radius 1 is 0.818 bits per heavy atom. The number of hydrogen-bond donors (Lipinski definition) is 0. The molecule has 0 saturated carbocycles. The molecule has 1 nitrogen and oxygen atoms in total. The summed E-state index contributed by atoms with van der Waals surface area (Å²) in [7, 11) is 0. The van der Waals surface area contributed by atoms with E-state index in [9.17, 15) is 0 Å². The van der Waals surface area contributed by atoms with Crippen molar-refractivity contribution in [1.29, 1.82) is 0 Å². The molecule has 1 aliphatic heterocycles. The van der Waals surface area contributed by atoms with Crippen LogP contribution in [0.2, 0.25) is 0 Å². The predicted molar refractivity (Wildman–Crippen MR) is 191 cm³/mol. The van der Waals surface area contributed by atoms with Crippen molar-refractivity contribution in [2.45, 2.75) is 39.7 Å². The van der Waals surface area contributed by atoms with Crippen LogP contribution >= 0.6 is 0 Å². The Labute approximate surface area is 262 Å². The number of benzene rings is 5.